The van der Waals surface area contributed by atoms with Crippen molar-refractivity contribution < 1.29 is 49.8 Å². The zero-order valence-electron chi connectivity index (χ0n) is 20.4. The van der Waals surface area contributed by atoms with Gasteiger partial charge in [0.15, 0.2) is 0 Å². The summed E-state index contributed by atoms with van der Waals surface area (Å²) < 4.78 is 0. The molecule has 0 aliphatic carbocycles. The molecule has 1 saturated heterocycles. The summed E-state index contributed by atoms with van der Waals surface area (Å²) in [5.74, 6) is -3.71. The van der Waals surface area contributed by atoms with Crippen LogP contribution in [0.15, 0.2) is 0 Å². The highest BCUT2D eigenvalue weighted by Gasteiger charge is 2.30. The molecule has 0 saturated carbocycles. The number of aliphatic hydroxyl groups is 3. The van der Waals surface area contributed by atoms with Gasteiger partial charge in [0.05, 0.1) is 39.5 Å². The number of aliphatic carboxylic acids is 3. The normalized spacial score (nSPS) is 18.6. The predicted octanol–water partition coefficient (Wildman–Crippen LogP) is -4.36. The Morgan fingerprint density at radius 3 is 1.22 bits per heavy atom. The van der Waals surface area contributed by atoms with E-state index in [-0.39, 0.29) is 98.3 Å². The number of rotatable bonds is 13. The molecule has 0 aromatic rings. The maximum absolute atomic E-state index is 13.1. The summed E-state index contributed by atoms with van der Waals surface area (Å²) in [6.45, 7) is -0.583. The lowest BCUT2D eigenvalue weighted by atomic mass is 10.2. The van der Waals surface area contributed by atoms with Crippen molar-refractivity contribution in [2.45, 2.75) is 6.04 Å². The molecule has 208 valence electrons. The van der Waals surface area contributed by atoms with E-state index in [0.29, 0.717) is 0 Å². The summed E-state index contributed by atoms with van der Waals surface area (Å²) in [6.07, 6.45) is 0. The van der Waals surface area contributed by atoms with Crippen LogP contribution in [0, 0.1) is 0 Å². The monoisotopic (exact) mass is 521 g/mol. The maximum Gasteiger partial charge on any atom is 0.317 e. The lowest BCUT2D eigenvalue weighted by Crippen LogP contribution is -2.56. The van der Waals surface area contributed by atoms with Crippen molar-refractivity contribution in [2.75, 3.05) is 105 Å². The third-order valence-corrected chi connectivity index (χ3v) is 5.90. The van der Waals surface area contributed by atoms with E-state index in [0.717, 1.165) is 0 Å². The van der Waals surface area contributed by atoms with Crippen molar-refractivity contribution in [2.24, 2.45) is 0 Å². The quantitative estimate of drug-likeness (QED) is 0.135. The summed E-state index contributed by atoms with van der Waals surface area (Å²) >= 11 is 0. The zero-order valence-corrected chi connectivity index (χ0v) is 20.4. The number of carboxylic acid groups (broad SMARTS) is 3. The van der Waals surface area contributed by atoms with E-state index >= 15 is 0 Å². The van der Waals surface area contributed by atoms with Crippen molar-refractivity contribution in [3.63, 3.8) is 0 Å². The molecule has 1 heterocycles. The molecule has 1 rings (SSSR count). The average Bonchev–Trinajstić information content (AvgIpc) is 2.79. The fourth-order valence-corrected chi connectivity index (χ4v) is 4.05. The molecule has 1 atom stereocenters. The van der Waals surface area contributed by atoms with Crippen molar-refractivity contribution in [1.82, 2.24) is 24.5 Å². The van der Waals surface area contributed by atoms with Gasteiger partial charge >= 0.3 is 17.9 Å². The summed E-state index contributed by atoms with van der Waals surface area (Å²) in [5.41, 5.74) is 0. The second kappa shape index (κ2) is 17.1. The molecule has 0 bridgehead atoms. The molecule has 1 aliphatic rings. The van der Waals surface area contributed by atoms with E-state index in [2.05, 4.69) is 0 Å². The van der Waals surface area contributed by atoms with Gasteiger partial charge in [0.1, 0.15) is 6.04 Å². The highest BCUT2D eigenvalue weighted by atomic mass is 16.4. The van der Waals surface area contributed by atoms with Gasteiger partial charge in [0.25, 0.3) is 0 Å². The number of aliphatic hydroxyl groups excluding tert-OH is 3. The van der Waals surface area contributed by atoms with Gasteiger partial charge in [-0.25, -0.2) is 0 Å². The molecule has 6 N–H and O–H groups in total. The van der Waals surface area contributed by atoms with E-state index in [1.165, 1.54) is 4.90 Å². The Balaban J connectivity index is 3.19. The SMILES string of the molecule is O=C(O)CN1CCN(CC(=O)O)CCN(C(CO)C(=O)N(CCO)CCO)CCN(CC(=O)O)CC1. The Kier molecular flexibility index (Phi) is 15.0. The summed E-state index contributed by atoms with van der Waals surface area (Å²) in [5, 5.41) is 56.5. The van der Waals surface area contributed by atoms with Gasteiger partial charge in [0, 0.05) is 65.4 Å². The lowest BCUT2D eigenvalue weighted by molar-refractivity contribution is -0.142. The molecule has 0 aromatic heterocycles. The van der Waals surface area contributed by atoms with Crippen molar-refractivity contribution in [3.8, 4) is 0 Å². The number of carbonyl (C=O) groups is 4. The van der Waals surface area contributed by atoms with Gasteiger partial charge in [-0.1, -0.05) is 0 Å². The second-order valence-electron chi connectivity index (χ2n) is 8.52. The van der Waals surface area contributed by atoms with Crippen LogP contribution in [-0.4, -0.2) is 190 Å². The highest BCUT2D eigenvalue weighted by molar-refractivity contribution is 5.82. The van der Waals surface area contributed by atoms with Crippen LogP contribution in [0.1, 0.15) is 0 Å². The Morgan fingerprint density at radius 1 is 0.611 bits per heavy atom. The van der Waals surface area contributed by atoms with E-state index in [4.69, 9.17) is 0 Å². The van der Waals surface area contributed by atoms with Gasteiger partial charge in [-0.15, -0.1) is 0 Å². The number of amides is 1. The van der Waals surface area contributed by atoms with E-state index < -0.39 is 36.5 Å². The van der Waals surface area contributed by atoms with E-state index in [9.17, 15) is 49.8 Å². The van der Waals surface area contributed by atoms with Crippen LogP contribution in [0.4, 0.5) is 0 Å². The Bertz CT molecular complexity index is 675. The molecule has 1 amide bonds. The first kappa shape index (κ1) is 31.6. The van der Waals surface area contributed by atoms with Gasteiger partial charge < -0.3 is 35.5 Å². The fraction of sp³-hybridized carbons (Fsp3) is 0.810. The van der Waals surface area contributed by atoms with Crippen molar-refractivity contribution >= 4 is 23.8 Å². The predicted molar refractivity (Wildman–Crippen MR) is 125 cm³/mol. The van der Waals surface area contributed by atoms with Crippen LogP contribution in [0.3, 0.4) is 0 Å². The first-order chi connectivity index (χ1) is 17.1. The standard InChI is InChI=1S/C21H39N5O10/c27-11-9-26(10-12-28)21(36)17(16-29)25-7-5-23(14-19(32)33)3-1-22(13-18(30)31)2-4-24(6-8-25)15-20(34)35/h17,27-29H,1-16H2,(H,30,31)(H,32,33)(H,34,35). The average molecular weight is 522 g/mol. The number of hydrogen-bond acceptors (Lipinski definition) is 11. The third kappa shape index (κ3) is 12.0. The van der Waals surface area contributed by atoms with Gasteiger partial charge in [-0.05, 0) is 0 Å². The first-order valence-corrected chi connectivity index (χ1v) is 11.8. The van der Waals surface area contributed by atoms with Gasteiger partial charge in [-0.2, -0.15) is 0 Å². The molecule has 15 nitrogen and oxygen atoms in total. The Labute approximate surface area is 209 Å². The van der Waals surface area contributed by atoms with Crippen molar-refractivity contribution in [3.05, 3.63) is 0 Å². The molecule has 0 spiro atoms. The van der Waals surface area contributed by atoms with Crippen LogP contribution in [-0.2, 0) is 19.2 Å². The number of carboxylic acids is 3. The third-order valence-electron chi connectivity index (χ3n) is 5.90. The fourth-order valence-electron chi connectivity index (χ4n) is 4.05. The maximum atomic E-state index is 13.1. The van der Waals surface area contributed by atoms with Crippen molar-refractivity contribution in [1.29, 1.82) is 0 Å². The van der Waals surface area contributed by atoms with Crippen LogP contribution < -0.4 is 0 Å². The van der Waals surface area contributed by atoms with Crippen LogP contribution in [0.2, 0.25) is 0 Å². The summed E-state index contributed by atoms with van der Waals surface area (Å²) in [7, 11) is 0. The lowest BCUT2D eigenvalue weighted by Gasteiger charge is -2.37. The number of hydrogen-bond donors (Lipinski definition) is 6. The van der Waals surface area contributed by atoms with Crippen LogP contribution >= 0.6 is 0 Å². The molecule has 1 unspecified atom stereocenters. The summed E-state index contributed by atoms with van der Waals surface area (Å²) in [4.78, 5) is 54.9. The van der Waals surface area contributed by atoms with Crippen LogP contribution in [0.5, 0.6) is 0 Å². The topological polar surface area (TPSA) is 206 Å². The Morgan fingerprint density at radius 2 is 0.944 bits per heavy atom. The van der Waals surface area contributed by atoms with E-state index in [1.54, 1.807) is 19.6 Å². The van der Waals surface area contributed by atoms with Gasteiger partial charge in [-0.3, -0.25) is 38.8 Å². The minimum atomic E-state index is -1.07. The summed E-state index contributed by atoms with van der Waals surface area (Å²) in [6, 6.07) is -1.05. The van der Waals surface area contributed by atoms with E-state index in [1.807, 2.05) is 0 Å². The molecule has 1 aliphatic heterocycles. The molecular formula is C21H39N5O10. The first-order valence-electron chi connectivity index (χ1n) is 11.8. The molecule has 15 heteroatoms. The molecule has 36 heavy (non-hydrogen) atoms. The second-order valence-corrected chi connectivity index (χ2v) is 8.52. The molecule has 0 radical (unpaired) electrons. The van der Waals surface area contributed by atoms with Gasteiger partial charge in [0.2, 0.25) is 5.91 Å². The minimum absolute atomic E-state index is 0.0422. The number of nitrogens with zero attached hydrogens (tertiary/aromatic N) is 5. The Hall–Kier alpha value is -2.40. The molecule has 0 aromatic carbocycles. The smallest absolute Gasteiger partial charge is 0.317 e. The largest absolute Gasteiger partial charge is 0.480 e. The zero-order chi connectivity index (χ0) is 27.1. The number of carbonyl (C=O) groups excluding carboxylic acids is 1. The molecule has 1 fully saturated rings. The minimum Gasteiger partial charge on any atom is -0.480 e. The molecular weight excluding hydrogens is 482 g/mol. The van der Waals surface area contributed by atoms with Crippen LogP contribution in [0.25, 0.3) is 0 Å². The highest BCUT2D eigenvalue weighted by Crippen LogP contribution is 2.08.